The summed E-state index contributed by atoms with van der Waals surface area (Å²) in [5.74, 6) is 4.93. The van der Waals surface area contributed by atoms with E-state index in [2.05, 4.69) is 4.84 Å². The van der Waals surface area contributed by atoms with Gasteiger partial charge in [-0.3, -0.25) is 0 Å². The molecule has 0 aliphatic rings. The largest absolute Gasteiger partial charge is 0.371 e. The van der Waals surface area contributed by atoms with Gasteiger partial charge in [0, 0.05) is 13.6 Å². The SMILES string of the molecule is CN(CCON)c1ccccc1Cl. The maximum Gasteiger partial charge on any atom is 0.0854 e. The summed E-state index contributed by atoms with van der Waals surface area (Å²) in [6.07, 6.45) is 0. The molecule has 0 saturated carbocycles. The van der Waals surface area contributed by atoms with Crippen molar-refractivity contribution in [3.05, 3.63) is 29.3 Å². The molecule has 1 rings (SSSR count). The summed E-state index contributed by atoms with van der Waals surface area (Å²) < 4.78 is 0. The summed E-state index contributed by atoms with van der Waals surface area (Å²) in [5.41, 5.74) is 0.987. The van der Waals surface area contributed by atoms with Gasteiger partial charge in [-0.2, -0.15) is 0 Å². The van der Waals surface area contributed by atoms with Crippen molar-refractivity contribution < 1.29 is 4.84 Å². The molecule has 0 unspecified atom stereocenters. The van der Waals surface area contributed by atoms with E-state index >= 15 is 0 Å². The predicted molar refractivity (Wildman–Crippen MR) is 54.9 cm³/mol. The topological polar surface area (TPSA) is 38.5 Å². The van der Waals surface area contributed by atoms with Gasteiger partial charge >= 0.3 is 0 Å². The Morgan fingerprint density at radius 3 is 2.77 bits per heavy atom. The van der Waals surface area contributed by atoms with Crippen LogP contribution in [0.5, 0.6) is 0 Å². The lowest BCUT2D eigenvalue weighted by Gasteiger charge is -2.19. The molecule has 0 spiro atoms. The third-order valence-corrected chi connectivity index (χ3v) is 2.13. The predicted octanol–water partition coefficient (Wildman–Crippen LogP) is 1.67. The van der Waals surface area contributed by atoms with E-state index in [1.807, 2.05) is 36.2 Å². The average Bonchev–Trinajstić information content (AvgIpc) is 2.15. The molecule has 1 aromatic rings. The lowest BCUT2D eigenvalue weighted by Crippen LogP contribution is -2.23. The third kappa shape index (κ3) is 2.88. The van der Waals surface area contributed by atoms with E-state index in [4.69, 9.17) is 17.5 Å². The van der Waals surface area contributed by atoms with E-state index < -0.39 is 0 Å². The molecule has 3 nitrogen and oxygen atoms in total. The fourth-order valence-corrected chi connectivity index (χ4v) is 1.35. The zero-order valence-electron chi connectivity index (χ0n) is 7.53. The van der Waals surface area contributed by atoms with E-state index in [-0.39, 0.29) is 0 Å². The monoisotopic (exact) mass is 200 g/mol. The maximum absolute atomic E-state index is 5.98. The van der Waals surface area contributed by atoms with Gasteiger partial charge in [0.2, 0.25) is 0 Å². The summed E-state index contributed by atoms with van der Waals surface area (Å²) in [4.78, 5) is 6.48. The molecule has 0 atom stereocenters. The van der Waals surface area contributed by atoms with E-state index in [9.17, 15) is 0 Å². The summed E-state index contributed by atoms with van der Waals surface area (Å²) in [6.45, 7) is 1.21. The fraction of sp³-hybridized carbons (Fsp3) is 0.333. The molecule has 0 amide bonds. The molecule has 0 aromatic heterocycles. The number of nitrogens with zero attached hydrogens (tertiary/aromatic N) is 1. The molecule has 0 radical (unpaired) electrons. The van der Waals surface area contributed by atoms with Gasteiger partial charge in [0.25, 0.3) is 0 Å². The number of likely N-dealkylation sites (N-methyl/N-ethyl adjacent to an activating group) is 1. The van der Waals surface area contributed by atoms with Crippen molar-refractivity contribution in [1.82, 2.24) is 0 Å². The molecule has 0 saturated heterocycles. The van der Waals surface area contributed by atoms with Crippen LogP contribution in [0.1, 0.15) is 0 Å². The molecule has 0 aliphatic carbocycles. The van der Waals surface area contributed by atoms with Crippen molar-refractivity contribution in [2.24, 2.45) is 5.90 Å². The molecule has 13 heavy (non-hydrogen) atoms. The Balaban J connectivity index is 2.65. The first kappa shape index (κ1) is 10.3. The van der Waals surface area contributed by atoms with Crippen molar-refractivity contribution in [3.63, 3.8) is 0 Å². The Labute approximate surface area is 83.0 Å². The lowest BCUT2D eigenvalue weighted by molar-refractivity contribution is 0.145. The molecule has 0 fully saturated rings. The van der Waals surface area contributed by atoms with Gasteiger partial charge < -0.3 is 9.74 Å². The minimum absolute atomic E-state index is 0.488. The van der Waals surface area contributed by atoms with Gasteiger partial charge in [0.05, 0.1) is 17.3 Å². The van der Waals surface area contributed by atoms with Gasteiger partial charge in [0.15, 0.2) is 0 Å². The van der Waals surface area contributed by atoms with Crippen molar-refractivity contribution in [2.45, 2.75) is 0 Å². The minimum Gasteiger partial charge on any atom is -0.371 e. The highest BCUT2D eigenvalue weighted by atomic mass is 35.5. The average molecular weight is 201 g/mol. The van der Waals surface area contributed by atoms with Crippen molar-refractivity contribution in [1.29, 1.82) is 0 Å². The third-order valence-electron chi connectivity index (χ3n) is 1.81. The first-order valence-corrected chi connectivity index (χ1v) is 4.41. The lowest BCUT2D eigenvalue weighted by atomic mass is 10.3. The van der Waals surface area contributed by atoms with Crippen LogP contribution in [0.3, 0.4) is 0 Å². The van der Waals surface area contributed by atoms with Crippen LogP contribution in [0, 0.1) is 0 Å². The summed E-state index contributed by atoms with van der Waals surface area (Å²) in [7, 11) is 1.94. The van der Waals surface area contributed by atoms with Crippen LogP contribution in [0.25, 0.3) is 0 Å². The summed E-state index contributed by atoms with van der Waals surface area (Å²) >= 11 is 5.98. The van der Waals surface area contributed by atoms with Crippen molar-refractivity contribution in [2.75, 3.05) is 25.1 Å². The number of hydrogen-bond donors (Lipinski definition) is 1. The van der Waals surface area contributed by atoms with Crippen molar-refractivity contribution >= 4 is 17.3 Å². The quantitative estimate of drug-likeness (QED) is 0.752. The van der Waals surface area contributed by atoms with Crippen LogP contribution in [-0.2, 0) is 4.84 Å². The second kappa shape index (κ2) is 5.07. The minimum atomic E-state index is 0.488. The van der Waals surface area contributed by atoms with Crippen LogP contribution in [0.4, 0.5) is 5.69 Å². The highest BCUT2D eigenvalue weighted by Crippen LogP contribution is 2.23. The fourth-order valence-electron chi connectivity index (χ4n) is 1.07. The smallest absolute Gasteiger partial charge is 0.0854 e. The second-order valence-corrected chi connectivity index (χ2v) is 3.15. The van der Waals surface area contributed by atoms with Gasteiger partial charge in [0.1, 0.15) is 0 Å². The number of rotatable bonds is 4. The molecule has 0 aliphatic heterocycles. The van der Waals surface area contributed by atoms with E-state index in [1.165, 1.54) is 0 Å². The maximum atomic E-state index is 5.98. The van der Waals surface area contributed by atoms with E-state index in [0.29, 0.717) is 6.61 Å². The molecule has 4 heteroatoms. The number of hydrogen-bond acceptors (Lipinski definition) is 3. The first-order chi connectivity index (χ1) is 6.25. The van der Waals surface area contributed by atoms with Gasteiger partial charge in [-0.15, -0.1) is 0 Å². The van der Waals surface area contributed by atoms with Gasteiger partial charge in [-0.1, -0.05) is 23.7 Å². The zero-order valence-corrected chi connectivity index (χ0v) is 8.29. The normalized spacial score (nSPS) is 10.1. The number of benzene rings is 1. The van der Waals surface area contributed by atoms with Crippen LogP contribution in [0.15, 0.2) is 24.3 Å². The van der Waals surface area contributed by atoms with E-state index in [1.54, 1.807) is 0 Å². The van der Waals surface area contributed by atoms with E-state index in [0.717, 1.165) is 17.3 Å². The number of halogens is 1. The molecular weight excluding hydrogens is 188 g/mol. The van der Waals surface area contributed by atoms with Crippen LogP contribution >= 0.6 is 11.6 Å². The zero-order chi connectivity index (χ0) is 9.68. The molecule has 1 aromatic carbocycles. The van der Waals surface area contributed by atoms with Gasteiger partial charge in [-0.05, 0) is 12.1 Å². The highest BCUT2D eigenvalue weighted by Gasteiger charge is 2.03. The second-order valence-electron chi connectivity index (χ2n) is 2.74. The Kier molecular flexibility index (Phi) is 4.02. The Hall–Kier alpha value is -0.770. The molecular formula is C9H13ClN2O. The van der Waals surface area contributed by atoms with Crippen molar-refractivity contribution in [3.8, 4) is 0 Å². The first-order valence-electron chi connectivity index (χ1n) is 4.03. The van der Waals surface area contributed by atoms with Gasteiger partial charge in [-0.25, -0.2) is 5.90 Å². The van der Waals surface area contributed by atoms with Crippen LogP contribution < -0.4 is 10.8 Å². The Morgan fingerprint density at radius 2 is 2.15 bits per heavy atom. The standard InChI is InChI=1S/C9H13ClN2O/c1-12(6-7-13-11)9-5-3-2-4-8(9)10/h2-5H,6-7,11H2,1H3. The summed E-state index contributed by atoms with van der Waals surface area (Å²) in [6, 6.07) is 7.66. The number of anilines is 1. The van der Waals surface area contributed by atoms with Crippen LogP contribution in [0.2, 0.25) is 5.02 Å². The summed E-state index contributed by atoms with van der Waals surface area (Å²) in [5, 5.41) is 0.738. The Morgan fingerprint density at radius 1 is 1.46 bits per heavy atom. The van der Waals surface area contributed by atoms with Crippen LogP contribution in [-0.4, -0.2) is 20.2 Å². The highest BCUT2D eigenvalue weighted by molar-refractivity contribution is 6.33. The molecule has 72 valence electrons. The molecule has 0 bridgehead atoms. The number of nitrogens with two attached hydrogens (primary N) is 1. The number of para-hydroxylation sites is 1. The Bertz CT molecular complexity index is 268. The molecule has 0 heterocycles. The molecule has 2 N–H and O–H groups in total.